The summed E-state index contributed by atoms with van der Waals surface area (Å²) in [5, 5.41) is 3.29. The number of nitrogens with one attached hydrogen (secondary N) is 1. The summed E-state index contributed by atoms with van der Waals surface area (Å²) in [5.41, 5.74) is 1.75. The van der Waals surface area contributed by atoms with Crippen molar-refractivity contribution in [1.29, 1.82) is 0 Å². The molecule has 0 saturated heterocycles. The summed E-state index contributed by atoms with van der Waals surface area (Å²) in [6.07, 6.45) is 0.0930. The zero-order valence-corrected chi connectivity index (χ0v) is 16.2. The summed E-state index contributed by atoms with van der Waals surface area (Å²) in [7, 11) is 0. The van der Waals surface area contributed by atoms with Gasteiger partial charge in [0.25, 0.3) is 5.91 Å². The van der Waals surface area contributed by atoms with Gasteiger partial charge in [-0.05, 0) is 61.2 Å². The number of esters is 1. The minimum absolute atomic E-state index is 0.201. The summed E-state index contributed by atoms with van der Waals surface area (Å²) in [4.78, 5) is 24.5. The highest BCUT2D eigenvalue weighted by Gasteiger charge is 2.29. The van der Waals surface area contributed by atoms with E-state index in [0.29, 0.717) is 30.2 Å². The van der Waals surface area contributed by atoms with Crippen molar-refractivity contribution < 1.29 is 23.5 Å². The smallest absolute Gasteiger partial charge is 0.313 e. The number of hydrogen-bond acceptors (Lipinski definition) is 4. The Morgan fingerprint density at radius 3 is 2.79 bits per heavy atom. The van der Waals surface area contributed by atoms with Crippen LogP contribution in [0.25, 0.3) is 0 Å². The third-order valence-electron chi connectivity index (χ3n) is 4.55. The van der Waals surface area contributed by atoms with Crippen molar-refractivity contribution in [2.75, 3.05) is 13.2 Å². The normalized spacial score (nSPS) is 16.5. The highest BCUT2D eigenvalue weighted by atomic mass is 35.5. The standard InChI is InChI=1S/C21H21ClFNO4/c1-13(20(25)24-9-8-14-2-5-18(23)6-3-14)28-21(26)16-10-15-11-17(22)4-7-19(15)27-12-16/h2-7,11,13,16H,8-10,12H2,1H3,(H,24,25)/t13-,16-/m0/s1. The fourth-order valence-electron chi connectivity index (χ4n) is 2.96. The predicted molar refractivity (Wildman–Crippen MR) is 103 cm³/mol. The largest absolute Gasteiger partial charge is 0.492 e. The number of carbonyl (C=O) groups excluding carboxylic acids is 2. The van der Waals surface area contributed by atoms with Crippen LogP contribution in [0.2, 0.25) is 5.02 Å². The Bertz CT molecular complexity index is 856. The van der Waals surface area contributed by atoms with Gasteiger partial charge < -0.3 is 14.8 Å². The molecule has 0 fully saturated rings. The van der Waals surface area contributed by atoms with Crippen molar-refractivity contribution in [3.8, 4) is 5.75 Å². The molecule has 7 heteroatoms. The van der Waals surface area contributed by atoms with E-state index >= 15 is 0 Å². The zero-order chi connectivity index (χ0) is 20.1. The van der Waals surface area contributed by atoms with Crippen LogP contribution in [0.4, 0.5) is 4.39 Å². The van der Waals surface area contributed by atoms with Crippen LogP contribution >= 0.6 is 11.6 Å². The predicted octanol–water partition coefficient (Wildman–Crippen LogP) is 3.32. The average molecular weight is 406 g/mol. The Labute approximate surface area is 167 Å². The van der Waals surface area contributed by atoms with E-state index in [9.17, 15) is 14.0 Å². The Balaban J connectivity index is 1.45. The molecule has 1 amide bonds. The van der Waals surface area contributed by atoms with Crippen molar-refractivity contribution in [1.82, 2.24) is 5.32 Å². The number of carbonyl (C=O) groups is 2. The average Bonchev–Trinajstić information content (AvgIpc) is 2.68. The summed E-state index contributed by atoms with van der Waals surface area (Å²) in [5.74, 6) is -0.937. The first-order valence-electron chi connectivity index (χ1n) is 9.06. The van der Waals surface area contributed by atoms with E-state index in [1.807, 2.05) is 0 Å². The molecule has 0 spiro atoms. The van der Waals surface area contributed by atoms with Gasteiger partial charge in [0, 0.05) is 11.6 Å². The molecule has 0 saturated carbocycles. The van der Waals surface area contributed by atoms with Gasteiger partial charge in [-0.2, -0.15) is 0 Å². The fraction of sp³-hybridized carbons (Fsp3) is 0.333. The van der Waals surface area contributed by atoms with Crippen LogP contribution in [-0.2, 0) is 27.2 Å². The van der Waals surface area contributed by atoms with Gasteiger partial charge in [-0.25, -0.2) is 4.39 Å². The van der Waals surface area contributed by atoms with Crippen LogP contribution in [0.5, 0.6) is 5.75 Å². The number of ether oxygens (including phenoxy) is 2. The van der Waals surface area contributed by atoms with Crippen LogP contribution in [-0.4, -0.2) is 31.1 Å². The summed E-state index contributed by atoms with van der Waals surface area (Å²) < 4.78 is 23.8. The molecule has 2 atom stereocenters. The van der Waals surface area contributed by atoms with Gasteiger partial charge in [0.15, 0.2) is 6.10 Å². The second kappa shape index (κ2) is 9.06. The van der Waals surface area contributed by atoms with Crippen molar-refractivity contribution >= 4 is 23.5 Å². The molecule has 1 aliphatic rings. The van der Waals surface area contributed by atoms with E-state index in [2.05, 4.69) is 5.32 Å². The molecule has 28 heavy (non-hydrogen) atoms. The molecular weight excluding hydrogens is 385 g/mol. The molecule has 2 aromatic carbocycles. The van der Waals surface area contributed by atoms with E-state index in [-0.39, 0.29) is 18.3 Å². The number of hydrogen-bond donors (Lipinski definition) is 1. The zero-order valence-electron chi connectivity index (χ0n) is 15.4. The van der Waals surface area contributed by atoms with E-state index in [1.165, 1.54) is 19.1 Å². The van der Waals surface area contributed by atoms with Gasteiger partial charge in [-0.1, -0.05) is 23.7 Å². The lowest BCUT2D eigenvalue weighted by Crippen LogP contribution is -2.39. The first kappa shape index (κ1) is 20.1. The number of fused-ring (bicyclic) bond motifs is 1. The van der Waals surface area contributed by atoms with Crippen LogP contribution in [0.15, 0.2) is 42.5 Å². The van der Waals surface area contributed by atoms with Gasteiger partial charge in [-0.3, -0.25) is 9.59 Å². The molecule has 1 aliphatic heterocycles. The van der Waals surface area contributed by atoms with Crippen molar-refractivity contribution in [3.05, 3.63) is 64.4 Å². The second-order valence-corrected chi connectivity index (χ2v) is 7.15. The van der Waals surface area contributed by atoms with Gasteiger partial charge in [0.1, 0.15) is 18.2 Å². The Hall–Kier alpha value is -2.60. The molecule has 148 valence electrons. The van der Waals surface area contributed by atoms with Crippen LogP contribution in [0.3, 0.4) is 0 Å². The van der Waals surface area contributed by atoms with Crippen molar-refractivity contribution in [2.24, 2.45) is 5.92 Å². The van der Waals surface area contributed by atoms with Gasteiger partial charge in [0.05, 0.1) is 5.92 Å². The van der Waals surface area contributed by atoms with Gasteiger partial charge in [0.2, 0.25) is 0 Å². The Kier molecular flexibility index (Phi) is 6.52. The molecule has 3 rings (SSSR count). The lowest BCUT2D eigenvalue weighted by atomic mass is 9.97. The van der Waals surface area contributed by atoms with Gasteiger partial charge >= 0.3 is 5.97 Å². The topological polar surface area (TPSA) is 64.6 Å². The molecular formula is C21H21ClFNO4. The summed E-state index contributed by atoms with van der Waals surface area (Å²) in [6.45, 7) is 2.09. The minimum Gasteiger partial charge on any atom is -0.492 e. The van der Waals surface area contributed by atoms with Crippen molar-refractivity contribution in [2.45, 2.75) is 25.9 Å². The van der Waals surface area contributed by atoms with E-state index in [0.717, 1.165) is 11.1 Å². The second-order valence-electron chi connectivity index (χ2n) is 6.71. The number of rotatable bonds is 6. The van der Waals surface area contributed by atoms with Crippen molar-refractivity contribution in [3.63, 3.8) is 0 Å². The van der Waals surface area contributed by atoms with E-state index in [1.54, 1.807) is 30.3 Å². The summed E-state index contributed by atoms with van der Waals surface area (Å²) in [6, 6.07) is 11.4. The molecule has 5 nitrogen and oxygen atoms in total. The number of benzene rings is 2. The molecule has 0 unspecified atom stereocenters. The fourth-order valence-corrected chi connectivity index (χ4v) is 3.16. The molecule has 1 N–H and O–H groups in total. The van der Waals surface area contributed by atoms with Crippen LogP contribution in [0, 0.1) is 11.7 Å². The van der Waals surface area contributed by atoms with E-state index < -0.39 is 18.0 Å². The maximum atomic E-state index is 12.9. The van der Waals surface area contributed by atoms with Crippen LogP contribution < -0.4 is 10.1 Å². The van der Waals surface area contributed by atoms with Crippen LogP contribution in [0.1, 0.15) is 18.1 Å². The number of amides is 1. The quantitative estimate of drug-likeness (QED) is 0.749. The lowest BCUT2D eigenvalue weighted by Gasteiger charge is -2.25. The first-order valence-corrected chi connectivity index (χ1v) is 9.44. The summed E-state index contributed by atoms with van der Waals surface area (Å²) >= 11 is 5.99. The molecule has 0 aromatic heterocycles. The Morgan fingerprint density at radius 1 is 1.29 bits per heavy atom. The lowest BCUT2D eigenvalue weighted by molar-refractivity contribution is -0.160. The highest BCUT2D eigenvalue weighted by Crippen LogP contribution is 2.30. The Morgan fingerprint density at radius 2 is 2.04 bits per heavy atom. The third kappa shape index (κ3) is 5.23. The molecule has 1 heterocycles. The monoisotopic (exact) mass is 405 g/mol. The molecule has 2 aromatic rings. The molecule has 0 radical (unpaired) electrons. The highest BCUT2D eigenvalue weighted by molar-refractivity contribution is 6.30. The van der Waals surface area contributed by atoms with E-state index in [4.69, 9.17) is 21.1 Å². The maximum Gasteiger partial charge on any atom is 0.313 e. The molecule has 0 bridgehead atoms. The number of halogens is 2. The molecule has 0 aliphatic carbocycles. The maximum absolute atomic E-state index is 12.9. The SMILES string of the molecule is C[C@H](OC(=O)[C@@H]1COc2ccc(Cl)cc2C1)C(=O)NCCc1ccc(F)cc1. The first-order chi connectivity index (χ1) is 13.4. The minimum atomic E-state index is -0.915. The van der Waals surface area contributed by atoms with Gasteiger partial charge in [-0.15, -0.1) is 0 Å². The third-order valence-corrected chi connectivity index (χ3v) is 4.79.